The number of hydrogen-bond acceptors (Lipinski definition) is 3. The van der Waals surface area contributed by atoms with Gasteiger partial charge in [-0.3, -0.25) is 0 Å². The second-order valence-corrected chi connectivity index (χ2v) is 7.62. The van der Waals surface area contributed by atoms with Crippen LogP contribution in [0, 0.1) is 0 Å². The number of rotatable bonds is 5. The summed E-state index contributed by atoms with van der Waals surface area (Å²) in [5, 5.41) is 4.21. The molecule has 2 atom stereocenters. The predicted octanol–water partition coefficient (Wildman–Crippen LogP) is 3.97. The first kappa shape index (κ1) is 13.9. The van der Waals surface area contributed by atoms with Crippen LogP contribution >= 0.6 is 27.7 Å². The smallest absolute Gasteiger partial charge is 0.0669 e. The van der Waals surface area contributed by atoms with Gasteiger partial charge in [-0.15, -0.1) is 11.8 Å². The van der Waals surface area contributed by atoms with Gasteiger partial charge in [0.05, 0.1) is 6.10 Å². The van der Waals surface area contributed by atoms with Gasteiger partial charge in [-0.25, -0.2) is 0 Å². The molecule has 0 aromatic heterocycles. The van der Waals surface area contributed by atoms with Crippen molar-refractivity contribution < 1.29 is 4.74 Å². The molecule has 1 N–H and O–H groups in total. The number of benzene rings is 1. The van der Waals surface area contributed by atoms with Crippen LogP contribution < -0.4 is 5.32 Å². The summed E-state index contributed by atoms with van der Waals surface area (Å²) < 4.78 is 6.83. The van der Waals surface area contributed by atoms with E-state index in [0.717, 1.165) is 25.6 Å². The van der Waals surface area contributed by atoms with Crippen molar-refractivity contribution in [3.63, 3.8) is 0 Å². The Kier molecular flexibility index (Phi) is 4.52. The monoisotopic (exact) mass is 341 g/mol. The molecule has 2 fully saturated rings. The fourth-order valence-electron chi connectivity index (χ4n) is 2.37. The fraction of sp³-hybridized carbons (Fsp3) is 0.600. The first-order valence-corrected chi connectivity index (χ1v) is 8.70. The Morgan fingerprint density at radius 1 is 1.37 bits per heavy atom. The lowest BCUT2D eigenvalue weighted by molar-refractivity contribution is 0.127. The molecule has 1 aromatic carbocycles. The third-order valence-corrected chi connectivity index (χ3v) is 5.83. The van der Waals surface area contributed by atoms with E-state index in [2.05, 4.69) is 46.4 Å². The lowest BCUT2D eigenvalue weighted by atomic mass is 10.2. The van der Waals surface area contributed by atoms with Gasteiger partial charge in [-0.05, 0) is 49.9 Å². The minimum atomic E-state index is 0.373. The summed E-state index contributed by atoms with van der Waals surface area (Å²) in [6.45, 7) is 4.07. The molecule has 104 valence electrons. The molecule has 2 aliphatic rings. The number of nitrogens with one attached hydrogen (secondary N) is 1. The largest absolute Gasteiger partial charge is 0.377 e. The molecule has 1 aliphatic heterocycles. The zero-order valence-corrected chi connectivity index (χ0v) is 13.6. The molecular formula is C15H20BrNOS. The van der Waals surface area contributed by atoms with E-state index in [1.165, 1.54) is 27.8 Å². The van der Waals surface area contributed by atoms with Gasteiger partial charge in [-0.2, -0.15) is 0 Å². The van der Waals surface area contributed by atoms with E-state index in [-0.39, 0.29) is 0 Å². The van der Waals surface area contributed by atoms with Crippen molar-refractivity contribution in [2.75, 3.05) is 6.61 Å². The van der Waals surface area contributed by atoms with Gasteiger partial charge in [0.25, 0.3) is 0 Å². The van der Waals surface area contributed by atoms with Crippen molar-refractivity contribution >= 4 is 27.7 Å². The van der Waals surface area contributed by atoms with Gasteiger partial charge >= 0.3 is 0 Å². The van der Waals surface area contributed by atoms with E-state index in [4.69, 9.17) is 4.74 Å². The Morgan fingerprint density at radius 3 is 2.89 bits per heavy atom. The molecule has 3 rings (SSSR count). The molecule has 4 heteroatoms. The summed E-state index contributed by atoms with van der Waals surface area (Å²) in [5.74, 6) is 0. The summed E-state index contributed by atoms with van der Waals surface area (Å²) >= 11 is 5.56. The first-order valence-electron chi connectivity index (χ1n) is 7.02. The van der Waals surface area contributed by atoms with Crippen LogP contribution in [-0.2, 0) is 11.3 Å². The highest BCUT2D eigenvalue weighted by Gasteiger charge is 2.26. The van der Waals surface area contributed by atoms with E-state index in [1.54, 1.807) is 0 Å². The van der Waals surface area contributed by atoms with E-state index in [1.807, 2.05) is 11.8 Å². The van der Waals surface area contributed by atoms with Crippen LogP contribution in [0.4, 0.5) is 0 Å². The van der Waals surface area contributed by atoms with Crippen molar-refractivity contribution in [1.82, 2.24) is 5.32 Å². The molecule has 2 unspecified atom stereocenters. The quantitative estimate of drug-likeness (QED) is 0.875. The molecule has 0 radical (unpaired) electrons. The SMILES string of the molecule is CC1OCCC1Sc1ccc(Br)cc1CNC1CC1. The van der Waals surface area contributed by atoms with Crippen LogP contribution in [0.15, 0.2) is 27.6 Å². The molecule has 1 saturated carbocycles. The van der Waals surface area contributed by atoms with Crippen LogP contribution in [0.3, 0.4) is 0 Å². The number of thioether (sulfide) groups is 1. The molecule has 1 saturated heterocycles. The average Bonchev–Trinajstić information content (AvgIpc) is 3.14. The Balaban J connectivity index is 1.70. The van der Waals surface area contributed by atoms with Crippen LogP contribution in [0.1, 0.15) is 31.7 Å². The van der Waals surface area contributed by atoms with Gasteiger partial charge in [0.2, 0.25) is 0 Å². The van der Waals surface area contributed by atoms with E-state index in [0.29, 0.717) is 11.4 Å². The third-order valence-electron chi connectivity index (χ3n) is 3.77. The summed E-state index contributed by atoms with van der Waals surface area (Å²) in [5.41, 5.74) is 1.41. The molecule has 19 heavy (non-hydrogen) atoms. The van der Waals surface area contributed by atoms with Crippen LogP contribution in [0.25, 0.3) is 0 Å². The topological polar surface area (TPSA) is 21.3 Å². The minimum Gasteiger partial charge on any atom is -0.377 e. The third kappa shape index (κ3) is 3.75. The lowest BCUT2D eigenvalue weighted by Gasteiger charge is -2.17. The number of hydrogen-bond donors (Lipinski definition) is 1. The first-order chi connectivity index (χ1) is 9.22. The van der Waals surface area contributed by atoms with Crippen LogP contribution in [0.5, 0.6) is 0 Å². The highest BCUT2D eigenvalue weighted by molar-refractivity contribution is 9.10. The molecule has 1 aliphatic carbocycles. The van der Waals surface area contributed by atoms with Gasteiger partial charge in [0, 0.05) is 33.8 Å². The molecule has 0 amide bonds. The Labute approximate surface area is 127 Å². The van der Waals surface area contributed by atoms with E-state index >= 15 is 0 Å². The zero-order valence-electron chi connectivity index (χ0n) is 11.2. The summed E-state index contributed by atoms with van der Waals surface area (Å²) in [7, 11) is 0. The van der Waals surface area contributed by atoms with Crippen LogP contribution in [0.2, 0.25) is 0 Å². The van der Waals surface area contributed by atoms with Crippen molar-refractivity contribution in [1.29, 1.82) is 0 Å². The maximum Gasteiger partial charge on any atom is 0.0669 e. The highest BCUT2D eigenvalue weighted by Crippen LogP contribution is 2.35. The zero-order chi connectivity index (χ0) is 13.2. The van der Waals surface area contributed by atoms with Crippen molar-refractivity contribution in [3.8, 4) is 0 Å². The Hall–Kier alpha value is -0.0300. The van der Waals surface area contributed by atoms with Crippen molar-refractivity contribution in [2.24, 2.45) is 0 Å². The van der Waals surface area contributed by atoms with E-state index in [9.17, 15) is 0 Å². The number of ether oxygens (including phenoxy) is 1. The Bertz CT molecular complexity index is 450. The molecular weight excluding hydrogens is 322 g/mol. The van der Waals surface area contributed by atoms with Crippen LogP contribution in [-0.4, -0.2) is 24.0 Å². The standard InChI is InChI=1S/C15H20BrNOS/c1-10-14(6-7-18-10)19-15-5-2-12(16)8-11(15)9-17-13-3-4-13/h2,5,8,10,13-14,17H,3-4,6-7,9H2,1H3. The number of halogens is 1. The predicted molar refractivity (Wildman–Crippen MR) is 83.7 cm³/mol. The summed E-state index contributed by atoms with van der Waals surface area (Å²) in [6, 6.07) is 7.39. The minimum absolute atomic E-state index is 0.373. The van der Waals surface area contributed by atoms with Gasteiger partial charge in [0.15, 0.2) is 0 Å². The molecule has 1 heterocycles. The maximum atomic E-state index is 5.66. The lowest BCUT2D eigenvalue weighted by Crippen LogP contribution is -2.17. The highest BCUT2D eigenvalue weighted by atomic mass is 79.9. The second kappa shape index (κ2) is 6.17. The summed E-state index contributed by atoms with van der Waals surface area (Å²) in [4.78, 5) is 1.40. The Morgan fingerprint density at radius 2 is 2.21 bits per heavy atom. The molecule has 1 aromatic rings. The van der Waals surface area contributed by atoms with Crippen molar-refractivity contribution in [2.45, 2.75) is 55.0 Å². The molecule has 0 bridgehead atoms. The van der Waals surface area contributed by atoms with E-state index < -0.39 is 0 Å². The van der Waals surface area contributed by atoms with Gasteiger partial charge in [0.1, 0.15) is 0 Å². The average molecular weight is 342 g/mol. The fourth-order valence-corrected chi connectivity index (χ4v) is 4.02. The van der Waals surface area contributed by atoms with Gasteiger partial charge in [-0.1, -0.05) is 15.9 Å². The second-order valence-electron chi connectivity index (χ2n) is 5.43. The maximum absolute atomic E-state index is 5.66. The van der Waals surface area contributed by atoms with Crippen molar-refractivity contribution in [3.05, 3.63) is 28.2 Å². The van der Waals surface area contributed by atoms with Gasteiger partial charge < -0.3 is 10.1 Å². The normalized spacial score (nSPS) is 26.8. The molecule has 2 nitrogen and oxygen atoms in total. The molecule has 0 spiro atoms. The summed E-state index contributed by atoms with van der Waals surface area (Å²) in [6.07, 6.45) is 4.21.